The molecule has 13 aromatic rings. The van der Waals surface area contributed by atoms with Gasteiger partial charge in [0, 0.05) is 43.6 Å². The standard InChI is InChI=1S/C55H32N4O/c1-2-14-35(15-3-1)53-56-54(39-25-26-42-38(28-39)23-22-33-12-6-8-18-41(33)42)58-55(57-53)40-30-47-45-27-24-34-13-7-9-19-43(34)51(45)60-52(47)50(32-40)59-48-21-11-10-20-44(48)46-29-36-16-4-5-17-37(36)31-49(46)59/h1-32H. The van der Waals surface area contributed by atoms with E-state index >= 15 is 0 Å². The summed E-state index contributed by atoms with van der Waals surface area (Å²) in [6.45, 7) is 0. The molecule has 0 bridgehead atoms. The Hall–Kier alpha value is -8.15. The first-order chi connectivity index (χ1) is 29.7. The zero-order valence-corrected chi connectivity index (χ0v) is 32.2. The third-order valence-electron chi connectivity index (χ3n) is 12.2. The van der Waals surface area contributed by atoms with Crippen LogP contribution in [0.1, 0.15) is 0 Å². The Bertz CT molecular complexity index is 3900. The predicted molar refractivity (Wildman–Crippen MR) is 248 cm³/mol. The smallest absolute Gasteiger partial charge is 0.164 e. The van der Waals surface area contributed by atoms with E-state index in [1.165, 1.54) is 37.7 Å². The number of aromatic nitrogens is 4. The molecule has 0 saturated carbocycles. The monoisotopic (exact) mass is 764 g/mol. The Kier molecular flexibility index (Phi) is 6.95. The van der Waals surface area contributed by atoms with Crippen molar-refractivity contribution in [3.8, 4) is 39.9 Å². The van der Waals surface area contributed by atoms with Gasteiger partial charge in [0.25, 0.3) is 0 Å². The Labute approximate surface area is 343 Å². The van der Waals surface area contributed by atoms with E-state index < -0.39 is 0 Å². The number of furan rings is 1. The largest absolute Gasteiger partial charge is 0.453 e. The average Bonchev–Trinajstić information content (AvgIpc) is 3.86. The van der Waals surface area contributed by atoms with Crippen molar-refractivity contribution < 1.29 is 4.42 Å². The zero-order valence-electron chi connectivity index (χ0n) is 32.2. The minimum Gasteiger partial charge on any atom is -0.453 e. The summed E-state index contributed by atoms with van der Waals surface area (Å²) < 4.78 is 9.44. The topological polar surface area (TPSA) is 56.7 Å². The maximum atomic E-state index is 7.08. The molecule has 0 fully saturated rings. The Balaban J connectivity index is 1.12. The molecule has 5 nitrogen and oxygen atoms in total. The van der Waals surface area contributed by atoms with E-state index in [0.29, 0.717) is 17.5 Å². The van der Waals surface area contributed by atoms with Gasteiger partial charge in [-0.3, -0.25) is 0 Å². The lowest BCUT2D eigenvalue weighted by atomic mass is 10.00. The normalized spacial score (nSPS) is 12.0. The maximum Gasteiger partial charge on any atom is 0.164 e. The fourth-order valence-electron chi connectivity index (χ4n) is 9.30. The molecule has 0 aliphatic carbocycles. The molecule has 0 saturated heterocycles. The van der Waals surface area contributed by atoms with E-state index in [-0.39, 0.29) is 0 Å². The highest BCUT2D eigenvalue weighted by molar-refractivity contribution is 6.19. The number of benzene rings is 10. The summed E-state index contributed by atoms with van der Waals surface area (Å²) in [5.74, 6) is 1.81. The van der Waals surface area contributed by atoms with Crippen molar-refractivity contribution in [3.63, 3.8) is 0 Å². The average molecular weight is 765 g/mol. The van der Waals surface area contributed by atoms with E-state index in [4.69, 9.17) is 19.4 Å². The van der Waals surface area contributed by atoms with Crippen LogP contribution in [0.4, 0.5) is 0 Å². The molecule has 3 heterocycles. The number of rotatable bonds is 4. The van der Waals surface area contributed by atoms with Crippen LogP contribution in [-0.4, -0.2) is 19.5 Å². The molecule has 0 N–H and O–H groups in total. The van der Waals surface area contributed by atoms with E-state index in [0.717, 1.165) is 71.5 Å². The molecule has 60 heavy (non-hydrogen) atoms. The second-order valence-electron chi connectivity index (χ2n) is 15.6. The first-order valence-electron chi connectivity index (χ1n) is 20.3. The van der Waals surface area contributed by atoms with Gasteiger partial charge >= 0.3 is 0 Å². The van der Waals surface area contributed by atoms with Crippen LogP contribution >= 0.6 is 0 Å². The van der Waals surface area contributed by atoms with Gasteiger partial charge in [0.05, 0.1) is 16.7 Å². The minimum atomic E-state index is 0.585. The van der Waals surface area contributed by atoms with Crippen LogP contribution in [-0.2, 0) is 0 Å². The van der Waals surface area contributed by atoms with E-state index in [9.17, 15) is 0 Å². The molecular weight excluding hydrogens is 733 g/mol. The quantitative estimate of drug-likeness (QED) is 0.167. The first-order valence-corrected chi connectivity index (χ1v) is 20.3. The van der Waals surface area contributed by atoms with Gasteiger partial charge in [0.2, 0.25) is 0 Å². The Morgan fingerprint density at radius 1 is 0.300 bits per heavy atom. The molecule has 278 valence electrons. The minimum absolute atomic E-state index is 0.585. The van der Waals surface area contributed by atoms with Gasteiger partial charge in [0.1, 0.15) is 5.58 Å². The summed E-state index contributed by atoms with van der Waals surface area (Å²) in [4.78, 5) is 15.7. The molecule has 5 heteroatoms. The lowest BCUT2D eigenvalue weighted by molar-refractivity contribution is 0.670. The maximum absolute atomic E-state index is 7.08. The summed E-state index contributed by atoms with van der Waals surface area (Å²) in [5, 5.41) is 13.8. The number of hydrogen-bond donors (Lipinski definition) is 0. The van der Waals surface area contributed by atoms with Crippen LogP contribution in [0.3, 0.4) is 0 Å². The van der Waals surface area contributed by atoms with Crippen LogP contribution in [0.25, 0.3) is 127 Å². The van der Waals surface area contributed by atoms with Crippen molar-refractivity contribution in [2.24, 2.45) is 0 Å². The molecule has 0 amide bonds. The second-order valence-corrected chi connectivity index (χ2v) is 15.6. The molecule has 0 atom stereocenters. The third-order valence-corrected chi connectivity index (χ3v) is 12.2. The van der Waals surface area contributed by atoms with Crippen molar-refractivity contribution in [2.45, 2.75) is 0 Å². The zero-order chi connectivity index (χ0) is 39.3. The third kappa shape index (κ3) is 4.96. The predicted octanol–water partition coefficient (Wildman–Crippen LogP) is 14.5. The van der Waals surface area contributed by atoms with Crippen molar-refractivity contribution in [1.82, 2.24) is 19.5 Å². The fraction of sp³-hybridized carbons (Fsp3) is 0. The summed E-state index contributed by atoms with van der Waals surface area (Å²) in [7, 11) is 0. The van der Waals surface area contributed by atoms with Gasteiger partial charge in [-0.2, -0.15) is 0 Å². The SMILES string of the molecule is c1ccc(-c2nc(-c3ccc4c(ccc5ccccc54)c3)nc(-c3cc(-n4c5ccccc5c5cc6ccccc6cc54)c4oc5c6ccccc6ccc5c4c3)n2)cc1. The molecule has 13 rings (SSSR count). The van der Waals surface area contributed by atoms with Crippen LogP contribution < -0.4 is 0 Å². The lowest BCUT2D eigenvalue weighted by Gasteiger charge is -2.13. The van der Waals surface area contributed by atoms with E-state index in [2.05, 4.69) is 180 Å². The van der Waals surface area contributed by atoms with Gasteiger partial charge in [-0.05, 0) is 80.2 Å². The highest BCUT2D eigenvalue weighted by atomic mass is 16.3. The van der Waals surface area contributed by atoms with Crippen LogP contribution in [0, 0.1) is 0 Å². The molecule has 10 aromatic carbocycles. The summed E-state index contributed by atoms with van der Waals surface area (Å²) in [5.41, 5.74) is 7.50. The van der Waals surface area contributed by atoms with Gasteiger partial charge in [-0.1, -0.05) is 152 Å². The molecule has 0 aliphatic heterocycles. The fourth-order valence-corrected chi connectivity index (χ4v) is 9.30. The lowest BCUT2D eigenvalue weighted by Crippen LogP contribution is -2.01. The molecule has 0 unspecified atom stereocenters. The van der Waals surface area contributed by atoms with Crippen LogP contribution in [0.5, 0.6) is 0 Å². The summed E-state index contributed by atoms with van der Waals surface area (Å²) in [6.07, 6.45) is 0. The van der Waals surface area contributed by atoms with Crippen LogP contribution in [0.2, 0.25) is 0 Å². The molecule has 0 radical (unpaired) electrons. The van der Waals surface area contributed by atoms with E-state index in [1.54, 1.807) is 0 Å². The van der Waals surface area contributed by atoms with Crippen molar-refractivity contribution >= 4 is 86.8 Å². The van der Waals surface area contributed by atoms with Crippen LogP contribution in [0.15, 0.2) is 199 Å². The molecule has 0 aliphatic rings. The Morgan fingerprint density at radius 2 is 0.883 bits per heavy atom. The van der Waals surface area contributed by atoms with Gasteiger partial charge < -0.3 is 8.98 Å². The number of hydrogen-bond acceptors (Lipinski definition) is 4. The first kappa shape index (κ1) is 32.9. The number of fused-ring (bicyclic) bond motifs is 12. The molecular formula is C55H32N4O. The molecule has 0 spiro atoms. The van der Waals surface area contributed by atoms with E-state index in [1.807, 2.05) is 18.2 Å². The Morgan fingerprint density at radius 3 is 1.70 bits per heavy atom. The second kappa shape index (κ2) is 12.7. The highest BCUT2D eigenvalue weighted by Gasteiger charge is 2.23. The van der Waals surface area contributed by atoms with Gasteiger partial charge in [-0.15, -0.1) is 0 Å². The highest BCUT2D eigenvalue weighted by Crippen LogP contribution is 2.43. The summed E-state index contributed by atoms with van der Waals surface area (Å²) in [6, 6.07) is 68.6. The summed E-state index contributed by atoms with van der Waals surface area (Å²) >= 11 is 0. The number of nitrogens with zero attached hydrogens (tertiary/aromatic N) is 4. The van der Waals surface area contributed by atoms with Crippen molar-refractivity contribution in [2.75, 3.05) is 0 Å². The number of para-hydroxylation sites is 1. The van der Waals surface area contributed by atoms with Gasteiger partial charge in [-0.25, -0.2) is 15.0 Å². The van der Waals surface area contributed by atoms with Crippen molar-refractivity contribution in [3.05, 3.63) is 194 Å². The molecule has 3 aromatic heterocycles. The van der Waals surface area contributed by atoms with Crippen molar-refractivity contribution in [1.29, 1.82) is 0 Å². The van der Waals surface area contributed by atoms with Gasteiger partial charge in [0.15, 0.2) is 23.1 Å².